The molecule has 2 aliphatic heterocycles. The summed E-state index contributed by atoms with van der Waals surface area (Å²) in [7, 11) is 2.12. The van der Waals surface area contributed by atoms with Crippen molar-refractivity contribution >= 4 is 5.82 Å². The third kappa shape index (κ3) is 1.34. The zero-order valence-corrected chi connectivity index (χ0v) is 8.94. The van der Waals surface area contributed by atoms with Crippen LogP contribution in [-0.4, -0.2) is 41.4 Å². The van der Waals surface area contributed by atoms with E-state index in [4.69, 9.17) is 10.5 Å². The van der Waals surface area contributed by atoms with E-state index in [0.717, 1.165) is 26.1 Å². The fourth-order valence-electron chi connectivity index (χ4n) is 2.41. The van der Waals surface area contributed by atoms with Gasteiger partial charge in [0.1, 0.15) is 5.82 Å². The first kappa shape index (κ1) is 9.18. The van der Waals surface area contributed by atoms with Crippen LogP contribution in [0.5, 0.6) is 0 Å². The molecule has 0 unspecified atom stereocenters. The van der Waals surface area contributed by atoms with Crippen molar-refractivity contribution in [2.24, 2.45) is 0 Å². The summed E-state index contributed by atoms with van der Waals surface area (Å²) in [6.07, 6.45) is 0.906. The second-order valence-electron chi connectivity index (χ2n) is 4.43. The van der Waals surface area contributed by atoms with Gasteiger partial charge in [0.15, 0.2) is 0 Å². The SMILES string of the molecule is CN1CC(n2nc(N)c3c2COCC3)C1. The van der Waals surface area contributed by atoms with Crippen LogP contribution in [0.4, 0.5) is 5.82 Å². The molecule has 0 bridgehead atoms. The van der Waals surface area contributed by atoms with Crippen molar-refractivity contribution in [3.8, 4) is 0 Å². The van der Waals surface area contributed by atoms with Crippen molar-refractivity contribution in [2.75, 3.05) is 32.5 Å². The fourth-order valence-corrected chi connectivity index (χ4v) is 2.41. The molecule has 3 rings (SSSR count). The summed E-state index contributed by atoms with van der Waals surface area (Å²) in [5.74, 6) is 0.697. The van der Waals surface area contributed by atoms with Gasteiger partial charge in [-0.3, -0.25) is 4.68 Å². The van der Waals surface area contributed by atoms with Gasteiger partial charge in [-0.05, 0) is 7.05 Å². The number of ether oxygens (including phenoxy) is 1. The molecule has 0 aromatic carbocycles. The molecule has 0 amide bonds. The standard InChI is InChI=1S/C10H16N4O/c1-13-4-7(5-13)14-9-6-15-3-2-8(9)10(11)12-14/h7H,2-6H2,1H3,(H2,11,12). The van der Waals surface area contributed by atoms with Crippen LogP contribution in [0.25, 0.3) is 0 Å². The Kier molecular flexibility index (Phi) is 1.97. The molecule has 2 aliphatic rings. The molecule has 1 saturated heterocycles. The Bertz CT molecular complexity index is 381. The fraction of sp³-hybridized carbons (Fsp3) is 0.700. The van der Waals surface area contributed by atoms with Crippen molar-refractivity contribution in [3.63, 3.8) is 0 Å². The highest BCUT2D eigenvalue weighted by molar-refractivity contribution is 5.43. The van der Waals surface area contributed by atoms with Gasteiger partial charge in [0.2, 0.25) is 0 Å². The van der Waals surface area contributed by atoms with Crippen LogP contribution in [0.2, 0.25) is 0 Å². The Morgan fingerprint density at radius 1 is 1.47 bits per heavy atom. The molecule has 5 nitrogen and oxygen atoms in total. The number of nitrogens with two attached hydrogens (primary N) is 1. The van der Waals surface area contributed by atoms with Crippen molar-refractivity contribution in [2.45, 2.75) is 19.1 Å². The van der Waals surface area contributed by atoms with Gasteiger partial charge in [0.05, 0.1) is 24.9 Å². The third-order valence-corrected chi connectivity index (χ3v) is 3.28. The first-order valence-corrected chi connectivity index (χ1v) is 5.37. The summed E-state index contributed by atoms with van der Waals surface area (Å²) in [5.41, 5.74) is 8.31. The van der Waals surface area contributed by atoms with Crippen LogP contribution in [0.3, 0.4) is 0 Å². The Labute approximate surface area is 88.8 Å². The third-order valence-electron chi connectivity index (χ3n) is 3.28. The van der Waals surface area contributed by atoms with Crippen LogP contribution in [0.15, 0.2) is 0 Å². The Balaban J connectivity index is 1.94. The quantitative estimate of drug-likeness (QED) is 0.707. The van der Waals surface area contributed by atoms with Gasteiger partial charge in [0, 0.05) is 25.1 Å². The molecule has 0 spiro atoms. The van der Waals surface area contributed by atoms with E-state index >= 15 is 0 Å². The number of nitrogen functional groups attached to an aromatic ring is 1. The maximum atomic E-state index is 5.91. The maximum Gasteiger partial charge on any atom is 0.149 e. The summed E-state index contributed by atoms with van der Waals surface area (Å²) < 4.78 is 7.54. The number of likely N-dealkylation sites (tertiary alicyclic amines) is 1. The average molecular weight is 208 g/mol. The molecule has 0 radical (unpaired) electrons. The lowest BCUT2D eigenvalue weighted by Gasteiger charge is -2.37. The smallest absolute Gasteiger partial charge is 0.149 e. The number of nitrogens with zero attached hydrogens (tertiary/aromatic N) is 3. The van der Waals surface area contributed by atoms with Gasteiger partial charge in [-0.1, -0.05) is 0 Å². The van der Waals surface area contributed by atoms with Crippen molar-refractivity contribution in [1.29, 1.82) is 0 Å². The molecule has 15 heavy (non-hydrogen) atoms. The minimum atomic E-state index is 0.489. The van der Waals surface area contributed by atoms with Crippen molar-refractivity contribution in [3.05, 3.63) is 11.3 Å². The highest BCUT2D eigenvalue weighted by Gasteiger charge is 2.30. The molecule has 5 heteroatoms. The second kappa shape index (κ2) is 3.21. The van der Waals surface area contributed by atoms with E-state index in [1.165, 1.54) is 11.3 Å². The Morgan fingerprint density at radius 3 is 3.00 bits per heavy atom. The van der Waals surface area contributed by atoms with Gasteiger partial charge in [-0.15, -0.1) is 0 Å². The van der Waals surface area contributed by atoms with E-state index in [-0.39, 0.29) is 0 Å². The predicted molar refractivity (Wildman–Crippen MR) is 56.5 cm³/mol. The van der Waals surface area contributed by atoms with Crippen LogP contribution in [0, 0.1) is 0 Å². The molecule has 0 atom stereocenters. The number of aromatic nitrogens is 2. The number of anilines is 1. The number of fused-ring (bicyclic) bond motifs is 1. The largest absolute Gasteiger partial charge is 0.382 e. The van der Waals surface area contributed by atoms with E-state index < -0.39 is 0 Å². The topological polar surface area (TPSA) is 56.3 Å². The molecular weight excluding hydrogens is 192 g/mol. The number of likely N-dealkylation sites (N-methyl/N-ethyl adjacent to an activating group) is 1. The Morgan fingerprint density at radius 2 is 2.27 bits per heavy atom. The van der Waals surface area contributed by atoms with Crippen LogP contribution < -0.4 is 5.73 Å². The first-order valence-electron chi connectivity index (χ1n) is 5.37. The minimum Gasteiger partial charge on any atom is -0.382 e. The van der Waals surface area contributed by atoms with Gasteiger partial charge in [0.25, 0.3) is 0 Å². The Hall–Kier alpha value is -1.07. The average Bonchev–Trinajstić information content (AvgIpc) is 2.52. The molecule has 1 aromatic rings. The lowest BCUT2D eigenvalue weighted by molar-refractivity contribution is 0.0865. The van der Waals surface area contributed by atoms with Gasteiger partial charge >= 0.3 is 0 Å². The molecule has 0 saturated carbocycles. The van der Waals surface area contributed by atoms with Crippen molar-refractivity contribution < 1.29 is 4.74 Å². The second-order valence-corrected chi connectivity index (χ2v) is 4.43. The maximum absolute atomic E-state index is 5.91. The number of rotatable bonds is 1. The lowest BCUT2D eigenvalue weighted by atomic mass is 10.1. The molecule has 1 fully saturated rings. The summed E-state index contributed by atoms with van der Waals surface area (Å²) in [4.78, 5) is 2.28. The van der Waals surface area contributed by atoms with Crippen LogP contribution >= 0.6 is 0 Å². The lowest BCUT2D eigenvalue weighted by Crippen LogP contribution is -2.45. The van der Waals surface area contributed by atoms with Gasteiger partial charge < -0.3 is 15.4 Å². The summed E-state index contributed by atoms with van der Waals surface area (Å²) in [6.45, 7) is 3.56. The van der Waals surface area contributed by atoms with E-state index in [9.17, 15) is 0 Å². The summed E-state index contributed by atoms with van der Waals surface area (Å²) in [6, 6.07) is 0.489. The zero-order valence-electron chi connectivity index (χ0n) is 8.94. The van der Waals surface area contributed by atoms with Gasteiger partial charge in [-0.25, -0.2) is 0 Å². The molecule has 0 aliphatic carbocycles. The highest BCUT2D eigenvalue weighted by Crippen LogP contribution is 2.28. The highest BCUT2D eigenvalue weighted by atomic mass is 16.5. The number of hydrogen-bond donors (Lipinski definition) is 1. The van der Waals surface area contributed by atoms with E-state index in [1.807, 2.05) is 0 Å². The first-order chi connectivity index (χ1) is 7.25. The van der Waals surface area contributed by atoms with Crippen LogP contribution in [-0.2, 0) is 17.8 Å². The van der Waals surface area contributed by atoms with E-state index in [0.29, 0.717) is 18.5 Å². The van der Waals surface area contributed by atoms with E-state index in [1.54, 1.807) is 0 Å². The van der Waals surface area contributed by atoms with E-state index in [2.05, 4.69) is 21.7 Å². The summed E-state index contributed by atoms with van der Waals surface area (Å²) >= 11 is 0. The normalized spacial score (nSPS) is 22.5. The molecule has 1 aromatic heterocycles. The van der Waals surface area contributed by atoms with Crippen molar-refractivity contribution in [1.82, 2.24) is 14.7 Å². The van der Waals surface area contributed by atoms with Crippen LogP contribution in [0.1, 0.15) is 17.3 Å². The minimum absolute atomic E-state index is 0.489. The van der Waals surface area contributed by atoms with Gasteiger partial charge in [-0.2, -0.15) is 5.10 Å². The molecule has 2 N–H and O–H groups in total. The monoisotopic (exact) mass is 208 g/mol. The molecule has 3 heterocycles. The molecule has 82 valence electrons. The zero-order chi connectivity index (χ0) is 10.4. The summed E-state index contributed by atoms with van der Waals surface area (Å²) in [5, 5.41) is 4.44. The number of hydrogen-bond acceptors (Lipinski definition) is 4. The predicted octanol–water partition coefficient (Wildman–Crippen LogP) is 0.0245. The molecular formula is C10H16N4O.